The first-order valence-corrected chi connectivity index (χ1v) is 10.3. The van der Waals surface area contributed by atoms with Crippen LogP contribution in [0.15, 0.2) is 48.8 Å². The van der Waals surface area contributed by atoms with Gasteiger partial charge >= 0.3 is 6.03 Å². The third kappa shape index (κ3) is 5.23. The molecule has 0 saturated carbocycles. The number of amides is 2. The van der Waals surface area contributed by atoms with Crippen LogP contribution in [0.1, 0.15) is 25.7 Å². The highest BCUT2D eigenvalue weighted by atomic mass is 19.1. The molecule has 0 spiro atoms. The number of aromatic nitrogens is 1. The van der Waals surface area contributed by atoms with Gasteiger partial charge in [-0.1, -0.05) is 0 Å². The van der Waals surface area contributed by atoms with Gasteiger partial charge in [0.25, 0.3) is 0 Å². The molecule has 1 N–H and O–H groups in total. The highest BCUT2D eigenvalue weighted by Gasteiger charge is 2.30. The molecular formula is C22H27FN4O2. The van der Waals surface area contributed by atoms with Gasteiger partial charge in [-0.2, -0.15) is 0 Å². The summed E-state index contributed by atoms with van der Waals surface area (Å²) in [4.78, 5) is 20.8. The molecule has 4 rings (SSSR count). The van der Waals surface area contributed by atoms with E-state index >= 15 is 0 Å². The van der Waals surface area contributed by atoms with E-state index < -0.39 is 0 Å². The lowest BCUT2D eigenvalue weighted by molar-refractivity contribution is 0.0545. The number of carbonyl (C=O) groups is 1. The number of nitrogens with one attached hydrogen (secondary N) is 1. The fourth-order valence-electron chi connectivity index (χ4n) is 4.14. The number of rotatable bonds is 4. The average Bonchev–Trinajstić information content (AvgIpc) is 2.77. The van der Waals surface area contributed by atoms with Gasteiger partial charge in [-0.15, -0.1) is 0 Å². The third-order valence-corrected chi connectivity index (χ3v) is 5.79. The Labute approximate surface area is 170 Å². The third-order valence-electron chi connectivity index (χ3n) is 5.79. The molecule has 7 heteroatoms. The minimum absolute atomic E-state index is 0.112. The number of nitrogens with zero attached hydrogens (tertiary/aromatic N) is 3. The van der Waals surface area contributed by atoms with E-state index in [9.17, 15) is 9.18 Å². The summed E-state index contributed by atoms with van der Waals surface area (Å²) in [5.41, 5.74) is 0.620. The molecule has 29 heavy (non-hydrogen) atoms. The van der Waals surface area contributed by atoms with E-state index in [1.807, 2.05) is 17.0 Å². The van der Waals surface area contributed by atoms with Gasteiger partial charge in [0, 0.05) is 50.3 Å². The predicted octanol–water partition coefficient (Wildman–Crippen LogP) is 3.76. The van der Waals surface area contributed by atoms with Crippen LogP contribution in [0.5, 0.6) is 5.75 Å². The van der Waals surface area contributed by atoms with Crippen molar-refractivity contribution in [2.45, 2.75) is 37.8 Å². The van der Waals surface area contributed by atoms with Crippen molar-refractivity contribution < 1.29 is 13.9 Å². The second-order valence-electron chi connectivity index (χ2n) is 7.69. The number of hydrogen-bond donors (Lipinski definition) is 1. The Hall–Kier alpha value is -2.67. The smallest absolute Gasteiger partial charge is 0.321 e. The molecule has 2 aliphatic rings. The molecule has 6 nitrogen and oxygen atoms in total. The summed E-state index contributed by atoms with van der Waals surface area (Å²) in [7, 11) is 0. The Morgan fingerprint density at radius 3 is 2.28 bits per heavy atom. The molecular weight excluding hydrogens is 371 g/mol. The van der Waals surface area contributed by atoms with Crippen LogP contribution < -0.4 is 10.1 Å². The van der Waals surface area contributed by atoms with E-state index in [1.54, 1.807) is 24.5 Å². The Morgan fingerprint density at radius 2 is 1.62 bits per heavy atom. The van der Waals surface area contributed by atoms with Crippen LogP contribution in [0.25, 0.3) is 0 Å². The molecule has 154 valence electrons. The van der Waals surface area contributed by atoms with Gasteiger partial charge in [-0.05, 0) is 62.1 Å². The lowest BCUT2D eigenvalue weighted by Gasteiger charge is -2.41. The van der Waals surface area contributed by atoms with Gasteiger partial charge in [0.1, 0.15) is 17.7 Å². The maximum atomic E-state index is 13.0. The average molecular weight is 398 g/mol. The van der Waals surface area contributed by atoms with Crippen molar-refractivity contribution in [1.82, 2.24) is 14.8 Å². The highest BCUT2D eigenvalue weighted by Crippen LogP contribution is 2.24. The van der Waals surface area contributed by atoms with E-state index in [0.29, 0.717) is 11.7 Å². The van der Waals surface area contributed by atoms with Crippen molar-refractivity contribution in [2.24, 2.45) is 0 Å². The minimum atomic E-state index is -0.307. The largest absolute Gasteiger partial charge is 0.490 e. The predicted molar refractivity (Wildman–Crippen MR) is 109 cm³/mol. The molecule has 0 aliphatic carbocycles. The second-order valence-corrected chi connectivity index (χ2v) is 7.69. The molecule has 0 atom stereocenters. The van der Waals surface area contributed by atoms with Gasteiger partial charge in [0.05, 0.1) is 0 Å². The standard InChI is InChI=1S/C22H27FN4O2/c23-17-1-3-18(4-2-17)25-22(28)27-13-7-19(8-14-27)26-15-9-21(10-16-26)29-20-5-11-24-12-6-20/h1-6,11-12,19,21H,7-10,13-16H2,(H,25,28). The van der Waals surface area contributed by atoms with Crippen LogP contribution in [-0.2, 0) is 0 Å². The summed E-state index contributed by atoms with van der Waals surface area (Å²) in [6, 6.07) is 10.1. The number of carbonyl (C=O) groups excluding carboxylic acids is 1. The van der Waals surface area contributed by atoms with Crippen LogP contribution in [0, 0.1) is 5.82 Å². The lowest BCUT2D eigenvalue weighted by atomic mass is 9.99. The topological polar surface area (TPSA) is 57.7 Å². The van der Waals surface area contributed by atoms with Crippen molar-refractivity contribution >= 4 is 11.7 Å². The number of pyridine rings is 1. The summed E-state index contributed by atoms with van der Waals surface area (Å²) < 4.78 is 19.0. The van der Waals surface area contributed by atoms with Gasteiger partial charge in [0.2, 0.25) is 0 Å². The van der Waals surface area contributed by atoms with Crippen molar-refractivity contribution in [2.75, 3.05) is 31.5 Å². The zero-order valence-corrected chi connectivity index (χ0v) is 16.5. The van der Waals surface area contributed by atoms with Crippen LogP contribution in [0.4, 0.5) is 14.9 Å². The van der Waals surface area contributed by atoms with Gasteiger partial charge in [-0.25, -0.2) is 9.18 Å². The van der Waals surface area contributed by atoms with E-state index in [-0.39, 0.29) is 18.0 Å². The van der Waals surface area contributed by atoms with Gasteiger partial charge in [0.15, 0.2) is 0 Å². The maximum Gasteiger partial charge on any atom is 0.321 e. The Balaban J connectivity index is 1.20. The zero-order chi connectivity index (χ0) is 20.1. The van der Waals surface area contributed by atoms with E-state index in [0.717, 1.165) is 57.6 Å². The van der Waals surface area contributed by atoms with E-state index in [1.165, 1.54) is 12.1 Å². The molecule has 0 radical (unpaired) electrons. The summed E-state index contributed by atoms with van der Waals surface area (Å²) in [5.74, 6) is 0.581. The molecule has 1 aromatic heterocycles. The Kier molecular flexibility index (Phi) is 6.24. The number of ether oxygens (including phenoxy) is 1. The molecule has 2 saturated heterocycles. The molecule has 2 amide bonds. The highest BCUT2D eigenvalue weighted by molar-refractivity contribution is 5.89. The van der Waals surface area contributed by atoms with Gasteiger partial charge in [-0.3, -0.25) is 9.88 Å². The lowest BCUT2D eigenvalue weighted by Crippen LogP contribution is -2.50. The fraction of sp³-hybridized carbons (Fsp3) is 0.455. The van der Waals surface area contributed by atoms with Crippen LogP contribution in [-0.4, -0.2) is 59.1 Å². The monoisotopic (exact) mass is 398 g/mol. The summed E-state index contributed by atoms with van der Waals surface area (Å²) >= 11 is 0. The number of likely N-dealkylation sites (tertiary alicyclic amines) is 2. The molecule has 3 heterocycles. The SMILES string of the molecule is O=C(Nc1ccc(F)cc1)N1CCC(N2CCC(Oc3ccncc3)CC2)CC1. The number of anilines is 1. The molecule has 2 fully saturated rings. The summed E-state index contributed by atoms with van der Waals surface area (Å²) in [6.07, 6.45) is 7.77. The molecule has 2 aromatic rings. The van der Waals surface area contributed by atoms with Crippen LogP contribution >= 0.6 is 0 Å². The molecule has 2 aliphatic heterocycles. The quantitative estimate of drug-likeness (QED) is 0.852. The maximum absolute atomic E-state index is 13.0. The Morgan fingerprint density at radius 1 is 0.966 bits per heavy atom. The number of benzene rings is 1. The minimum Gasteiger partial charge on any atom is -0.490 e. The zero-order valence-electron chi connectivity index (χ0n) is 16.5. The first-order chi connectivity index (χ1) is 14.2. The fourth-order valence-corrected chi connectivity index (χ4v) is 4.14. The number of piperidine rings is 2. The summed E-state index contributed by atoms with van der Waals surface area (Å²) in [6.45, 7) is 3.54. The number of urea groups is 1. The van der Waals surface area contributed by atoms with Crippen molar-refractivity contribution in [3.63, 3.8) is 0 Å². The number of hydrogen-bond acceptors (Lipinski definition) is 4. The normalized spacial score (nSPS) is 19.1. The van der Waals surface area contributed by atoms with Crippen molar-refractivity contribution in [3.05, 3.63) is 54.6 Å². The van der Waals surface area contributed by atoms with Crippen LogP contribution in [0.3, 0.4) is 0 Å². The van der Waals surface area contributed by atoms with Gasteiger partial charge < -0.3 is 15.0 Å². The van der Waals surface area contributed by atoms with Crippen LogP contribution in [0.2, 0.25) is 0 Å². The first kappa shape index (κ1) is 19.6. The van der Waals surface area contributed by atoms with E-state index in [4.69, 9.17) is 4.74 Å². The van der Waals surface area contributed by atoms with Crippen molar-refractivity contribution in [3.8, 4) is 5.75 Å². The van der Waals surface area contributed by atoms with Crippen molar-refractivity contribution in [1.29, 1.82) is 0 Å². The first-order valence-electron chi connectivity index (χ1n) is 10.3. The summed E-state index contributed by atoms with van der Waals surface area (Å²) in [5, 5.41) is 2.85. The molecule has 0 bridgehead atoms. The molecule has 1 aromatic carbocycles. The van der Waals surface area contributed by atoms with E-state index in [2.05, 4.69) is 15.2 Å². The second kappa shape index (κ2) is 9.22. The Bertz CT molecular complexity index is 786. The number of halogens is 1. The molecule has 0 unspecified atom stereocenters.